The standard InChI is InChI=1S/C10H19NO5S/c1-3-17-10-7(11-5(2)13)9(15)8(14)6(4-12)16-10/h6-10,12,14-15H,3-4H2,1-2H3,(H,11,13). The number of carbonyl (C=O) groups excluding carboxylic acids is 1. The van der Waals surface area contributed by atoms with Crippen LogP contribution in [0.3, 0.4) is 0 Å². The number of carbonyl (C=O) groups is 1. The first-order valence-corrected chi connectivity index (χ1v) is 6.57. The normalized spacial score (nSPS) is 37.8. The van der Waals surface area contributed by atoms with Gasteiger partial charge in [-0.2, -0.15) is 0 Å². The second-order valence-corrected chi connectivity index (χ2v) is 5.26. The summed E-state index contributed by atoms with van der Waals surface area (Å²) in [5.41, 5.74) is -0.473. The molecule has 100 valence electrons. The topological polar surface area (TPSA) is 99.0 Å². The maximum absolute atomic E-state index is 11.0. The molecule has 1 aliphatic rings. The molecule has 1 rings (SSSR count). The van der Waals surface area contributed by atoms with E-state index in [1.165, 1.54) is 18.7 Å². The summed E-state index contributed by atoms with van der Waals surface area (Å²) in [5.74, 6) is 0.441. The Morgan fingerprint density at radius 2 is 2.06 bits per heavy atom. The molecule has 0 aromatic carbocycles. The zero-order valence-electron chi connectivity index (χ0n) is 9.87. The minimum Gasteiger partial charge on any atom is -0.394 e. The first-order valence-electron chi connectivity index (χ1n) is 5.52. The second kappa shape index (κ2) is 6.55. The van der Waals surface area contributed by atoms with Crippen molar-refractivity contribution >= 4 is 17.7 Å². The third kappa shape index (κ3) is 3.56. The lowest BCUT2D eigenvalue weighted by Gasteiger charge is -2.42. The van der Waals surface area contributed by atoms with Gasteiger partial charge in [-0.05, 0) is 5.75 Å². The summed E-state index contributed by atoms with van der Waals surface area (Å²) in [4.78, 5) is 11.0. The quantitative estimate of drug-likeness (QED) is 0.503. The number of hydrogen-bond donors (Lipinski definition) is 4. The van der Waals surface area contributed by atoms with Crippen LogP contribution in [0.5, 0.6) is 0 Å². The smallest absolute Gasteiger partial charge is 0.217 e. The molecule has 1 saturated heterocycles. The third-order valence-corrected chi connectivity index (χ3v) is 3.65. The molecule has 6 nitrogen and oxygen atoms in total. The Morgan fingerprint density at radius 3 is 2.53 bits per heavy atom. The van der Waals surface area contributed by atoms with Crippen LogP contribution in [-0.2, 0) is 9.53 Å². The molecular weight excluding hydrogens is 246 g/mol. The Balaban J connectivity index is 2.78. The van der Waals surface area contributed by atoms with Gasteiger partial charge in [-0.1, -0.05) is 6.92 Å². The van der Waals surface area contributed by atoms with Crippen LogP contribution in [0.4, 0.5) is 0 Å². The highest BCUT2D eigenvalue weighted by Crippen LogP contribution is 2.28. The van der Waals surface area contributed by atoms with E-state index >= 15 is 0 Å². The van der Waals surface area contributed by atoms with Crippen LogP contribution >= 0.6 is 11.8 Å². The van der Waals surface area contributed by atoms with Crippen molar-refractivity contribution in [3.05, 3.63) is 0 Å². The molecule has 1 aliphatic heterocycles. The Kier molecular flexibility index (Phi) is 5.68. The Morgan fingerprint density at radius 1 is 1.41 bits per heavy atom. The van der Waals surface area contributed by atoms with Gasteiger partial charge in [-0.25, -0.2) is 0 Å². The van der Waals surface area contributed by atoms with Crippen molar-refractivity contribution in [2.24, 2.45) is 0 Å². The van der Waals surface area contributed by atoms with Crippen molar-refractivity contribution in [3.8, 4) is 0 Å². The highest BCUT2D eigenvalue weighted by molar-refractivity contribution is 7.99. The van der Waals surface area contributed by atoms with E-state index in [-0.39, 0.29) is 12.5 Å². The average Bonchev–Trinajstić information content (AvgIpc) is 2.28. The van der Waals surface area contributed by atoms with Crippen LogP contribution < -0.4 is 5.32 Å². The molecule has 0 saturated carbocycles. The largest absolute Gasteiger partial charge is 0.394 e. The number of hydrogen-bond acceptors (Lipinski definition) is 6. The maximum Gasteiger partial charge on any atom is 0.217 e. The SMILES string of the molecule is CCSC1OC(CO)C(O)C(O)C1NC(C)=O. The molecule has 4 N–H and O–H groups in total. The highest BCUT2D eigenvalue weighted by Gasteiger charge is 2.44. The molecule has 5 atom stereocenters. The van der Waals surface area contributed by atoms with Crippen LogP contribution in [0.1, 0.15) is 13.8 Å². The summed E-state index contributed by atoms with van der Waals surface area (Å²) in [6, 6.07) is -0.671. The van der Waals surface area contributed by atoms with E-state index in [0.29, 0.717) is 0 Å². The van der Waals surface area contributed by atoms with Crippen LogP contribution in [0.2, 0.25) is 0 Å². The highest BCUT2D eigenvalue weighted by atomic mass is 32.2. The summed E-state index contributed by atoms with van der Waals surface area (Å²) >= 11 is 1.41. The average molecular weight is 265 g/mol. The van der Waals surface area contributed by atoms with Crippen LogP contribution in [0.25, 0.3) is 0 Å². The number of amides is 1. The zero-order chi connectivity index (χ0) is 13.0. The fraction of sp³-hybridized carbons (Fsp3) is 0.900. The van der Waals surface area contributed by atoms with Crippen molar-refractivity contribution in [1.82, 2.24) is 5.32 Å². The molecule has 0 aliphatic carbocycles. The molecule has 1 heterocycles. The van der Waals surface area contributed by atoms with Crippen molar-refractivity contribution < 1.29 is 24.9 Å². The predicted octanol–water partition coefficient (Wildman–Crippen LogP) is -1.32. The minimum absolute atomic E-state index is 0.297. The van der Waals surface area contributed by atoms with E-state index in [1.807, 2.05) is 6.92 Å². The fourth-order valence-electron chi connectivity index (χ4n) is 1.78. The predicted molar refractivity (Wildman–Crippen MR) is 63.5 cm³/mol. The van der Waals surface area contributed by atoms with E-state index in [9.17, 15) is 15.0 Å². The van der Waals surface area contributed by atoms with Crippen molar-refractivity contribution in [1.29, 1.82) is 0 Å². The summed E-state index contributed by atoms with van der Waals surface area (Å²) < 4.78 is 5.46. The Hall–Kier alpha value is -0.340. The van der Waals surface area contributed by atoms with E-state index in [1.54, 1.807) is 0 Å². The number of aliphatic hydroxyl groups is 3. The minimum atomic E-state index is -1.20. The first kappa shape index (κ1) is 14.7. The van der Waals surface area contributed by atoms with Gasteiger partial charge in [0.25, 0.3) is 0 Å². The lowest BCUT2D eigenvalue weighted by molar-refractivity contribution is -0.173. The summed E-state index contributed by atoms with van der Waals surface area (Å²) in [7, 11) is 0. The van der Waals surface area contributed by atoms with E-state index < -0.39 is 29.8 Å². The lowest BCUT2D eigenvalue weighted by atomic mass is 9.98. The summed E-state index contributed by atoms with van der Waals surface area (Å²) in [6.07, 6.45) is -3.17. The van der Waals surface area contributed by atoms with Gasteiger partial charge < -0.3 is 25.4 Å². The van der Waals surface area contributed by atoms with Gasteiger partial charge in [0.2, 0.25) is 5.91 Å². The molecule has 0 bridgehead atoms. The zero-order valence-corrected chi connectivity index (χ0v) is 10.7. The van der Waals surface area contributed by atoms with Gasteiger partial charge in [0, 0.05) is 6.92 Å². The second-order valence-electron chi connectivity index (χ2n) is 3.89. The van der Waals surface area contributed by atoms with Crippen LogP contribution in [0.15, 0.2) is 0 Å². The molecule has 1 amide bonds. The van der Waals surface area contributed by atoms with E-state index in [0.717, 1.165) is 5.75 Å². The van der Waals surface area contributed by atoms with Crippen molar-refractivity contribution in [3.63, 3.8) is 0 Å². The van der Waals surface area contributed by atoms with Crippen LogP contribution in [-0.4, -0.2) is 63.4 Å². The Bertz CT molecular complexity index is 265. The number of thioether (sulfide) groups is 1. The fourth-order valence-corrected chi connectivity index (χ4v) is 2.76. The first-order chi connectivity index (χ1) is 8.01. The number of nitrogens with one attached hydrogen (secondary N) is 1. The molecular formula is C10H19NO5S. The number of rotatable bonds is 4. The Labute approximate surface area is 104 Å². The monoisotopic (exact) mass is 265 g/mol. The molecule has 0 aromatic rings. The van der Waals surface area contributed by atoms with E-state index in [4.69, 9.17) is 9.84 Å². The summed E-state index contributed by atoms with van der Waals surface area (Å²) in [5, 5.41) is 31.2. The van der Waals surface area contributed by atoms with Crippen molar-refractivity contribution in [2.75, 3.05) is 12.4 Å². The third-order valence-electron chi connectivity index (χ3n) is 2.58. The van der Waals surface area contributed by atoms with E-state index in [2.05, 4.69) is 5.32 Å². The molecule has 17 heavy (non-hydrogen) atoms. The van der Waals surface area contributed by atoms with Gasteiger partial charge in [-0.15, -0.1) is 11.8 Å². The molecule has 0 aromatic heterocycles. The van der Waals surface area contributed by atoms with Gasteiger partial charge in [0.1, 0.15) is 23.7 Å². The van der Waals surface area contributed by atoms with Gasteiger partial charge >= 0.3 is 0 Å². The molecule has 5 unspecified atom stereocenters. The van der Waals surface area contributed by atoms with Crippen LogP contribution in [0, 0.1) is 0 Å². The molecule has 0 spiro atoms. The number of ether oxygens (including phenoxy) is 1. The van der Waals surface area contributed by atoms with Gasteiger partial charge in [0.05, 0.1) is 12.6 Å². The molecule has 7 heteroatoms. The number of aliphatic hydroxyl groups excluding tert-OH is 3. The molecule has 1 fully saturated rings. The van der Waals surface area contributed by atoms with Crippen molar-refractivity contribution in [2.45, 2.75) is 43.6 Å². The lowest BCUT2D eigenvalue weighted by Crippen LogP contribution is -2.63. The van der Waals surface area contributed by atoms with Gasteiger partial charge in [0.15, 0.2) is 0 Å². The summed E-state index contributed by atoms with van der Waals surface area (Å²) in [6.45, 7) is 2.89. The van der Waals surface area contributed by atoms with Gasteiger partial charge in [-0.3, -0.25) is 4.79 Å². The maximum atomic E-state index is 11.0. The molecule has 0 radical (unpaired) electrons.